The molecule has 0 atom stereocenters. The van der Waals surface area contributed by atoms with Gasteiger partial charge in [-0.3, -0.25) is 19.2 Å². The van der Waals surface area contributed by atoms with Crippen molar-refractivity contribution < 1.29 is 28.3 Å². The minimum Gasteiger partial charge on any atom is -0.454 e. The first-order valence-electron chi connectivity index (χ1n) is 11.5. The molecule has 9 heteroatoms. The largest absolute Gasteiger partial charge is 0.454 e. The summed E-state index contributed by atoms with van der Waals surface area (Å²) in [5.41, 5.74) is 0.0617. The van der Waals surface area contributed by atoms with Crippen LogP contribution in [0.15, 0.2) is 24.3 Å². The van der Waals surface area contributed by atoms with E-state index < -0.39 is 30.2 Å². The van der Waals surface area contributed by atoms with Crippen LogP contribution in [0.25, 0.3) is 0 Å². The summed E-state index contributed by atoms with van der Waals surface area (Å²) in [7, 11) is 1.41. The predicted octanol–water partition coefficient (Wildman–Crippen LogP) is 2.10. The summed E-state index contributed by atoms with van der Waals surface area (Å²) < 4.78 is 17.9. The van der Waals surface area contributed by atoms with Crippen molar-refractivity contribution in [3.8, 4) is 0 Å². The smallest absolute Gasteiger partial charge is 0.325 e. The van der Waals surface area contributed by atoms with Gasteiger partial charge in [0.25, 0.3) is 5.91 Å². The lowest BCUT2D eigenvalue weighted by atomic mass is 9.49. The van der Waals surface area contributed by atoms with E-state index in [1.54, 1.807) is 0 Å². The Morgan fingerprint density at radius 2 is 1.61 bits per heavy atom. The van der Waals surface area contributed by atoms with Crippen LogP contribution in [0, 0.1) is 29.0 Å². The van der Waals surface area contributed by atoms with E-state index in [1.807, 2.05) is 0 Å². The molecule has 0 saturated heterocycles. The van der Waals surface area contributed by atoms with Gasteiger partial charge < -0.3 is 20.3 Å². The number of hydrogen-bond donors (Lipinski definition) is 2. The highest BCUT2D eigenvalue weighted by Gasteiger charge is 2.54. The van der Waals surface area contributed by atoms with Crippen LogP contribution in [0.2, 0.25) is 0 Å². The van der Waals surface area contributed by atoms with Gasteiger partial charge in [-0.1, -0.05) is 0 Å². The molecule has 0 spiro atoms. The van der Waals surface area contributed by atoms with Crippen molar-refractivity contribution in [3.63, 3.8) is 0 Å². The highest BCUT2D eigenvalue weighted by Crippen LogP contribution is 2.60. The molecular weight excluding hydrogens is 429 g/mol. The molecule has 4 aliphatic carbocycles. The standard InChI is InChI=1S/C24H30FN3O5/c1-28(13-20(29)27-19-4-2-18(25)3-5-19)21(30)14-33-22(31)12-26-23(32)24-9-15-6-16(10-24)8-17(7-15)11-24/h2-5,15-17H,6-14H2,1H3,(H,26,32)(H,27,29). The van der Waals surface area contributed by atoms with Gasteiger partial charge in [-0.25, -0.2) is 4.39 Å². The van der Waals surface area contributed by atoms with Gasteiger partial charge in [0.15, 0.2) is 6.61 Å². The quantitative estimate of drug-likeness (QED) is 0.580. The predicted molar refractivity (Wildman–Crippen MR) is 117 cm³/mol. The Hall–Kier alpha value is -2.97. The number of amides is 3. The highest BCUT2D eigenvalue weighted by atomic mass is 19.1. The molecule has 8 nitrogen and oxygen atoms in total. The molecule has 0 aliphatic heterocycles. The summed E-state index contributed by atoms with van der Waals surface area (Å²) in [6, 6.07) is 5.25. The van der Waals surface area contributed by atoms with Gasteiger partial charge in [-0.05, 0) is 80.5 Å². The molecular formula is C24H30FN3O5. The van der Waals surface area contributed by atoms with Crippen LogP contribution in [0.3, 0.4) is 0 Å². The Morgan fingerprint density at radius 1 is 1.03 bits per heavy atom. The fourth-order valence-corrected chi connectivity index (χ4v) is 6.07. The second-order valence-electron chi connectivity index (χ2n) is 9.85. The molecule has 2 N–H and O–H groups in total. The lowest BCUT2D eigenvalue weighted by molar-refractivity contribution is -0.154. The lowest BCUT2D eigenvalue weighted by Crippen LogP contribution is -2.54. The number of anilines is 1. The first kappa shape index (κ1) is 23.2. The normalized spacial score (nSPS) is 27.0. The summed E-state index contributed by atoms with van der Waals surface area (Å²) in [4.78, 5) is 50.3. The third kappa shape index (κ3) is 5.51. The Labute approximate surface area is 192 Å². The van der Waals surface area contributed by atoms with Crippen LogP contribution in [-0.2, 0) is 23.9 Å². The number of carbonyl (C=O) groups excluding carboxylic acids is 4. The van der Waals surface area contributed by atoms with Gasteiger partial charge >= 0.3 is 5.97 Å². The van der Waals surface area contributed by atoms with E-state index in [9.17, 15) is 23.6 Å². The summed E-state index contributed by atoms with van der Waals surface area (Å²) in [6.45, 7) is -1.05. The zero-order valence-corrected chi connectivity index (χ0v) is 18.8. The van der Waals surface area contributed by atoms with Crippen LogP contribution in [0.5, 0.6) is 0 Å². The molecule has 4 fully saturated rings. The zero-order valence-electron chi connectivity index (χ0n) is 18.8. The molecule has 3 amide bonds. The number of rotatable bonds is 8. The molecule has 33 heavy (non-hydrogen) atoms. The van der Waals surface area contributed by atoms with E-state index in [-0.39, 0.29) is 24.4 Å². The number of likely N-dealkylation sites (N-methyl/N-ethyl adjacent to an activating group) is 1. The Morgan fingerprint density at radius 3 is 2.18 bits per heavy atom. The van der Waals surface area contributed by atoms with Crippen molar-refractivity contribution in [2.24, 2.45) is 23.2 Å². The van der Waals surface area contributed by atoms with E-state index in [1.165, 1.54) is 50.6 Å². The van der Waals surface area contributed by atoms with Crippen molar-refractivity contribution in [2.45, 2.75) is 38.5 Å². The molecule has 5 rings (SSSR count). The molecule has 4 bridgehead atoms. The van der Waals surface area contributed by atoms with Gasteiger partial charge in [0.1, 0.15) is 12.4 Å². The molecule has 0 heterocycles. The van der Waals surface area contributed by atoms with Gasteiger partial charge in [0.2, 0.25) is 11.8 Å². The summed E-state index contributed by atoms with van der Waals surface area (Å²) in [5.74, 6) is -0.315. The average Bonchev–Trinajstić information content (AvgIpc) is 2.76. The van der Waals surface area contributed by atoms with Gasteiger partial charge in [-0.2, -0.15) is 0 Å². The summed E-state index contributed by atoms with van der Waals surface area (Å²) in [5, 5.41) is 5.28. The fourth-order valence-electron chi connectivity index (χ4n) is 6.07. The number of halogens is 1. The second-order valence-corrected chi connectivity index (χ2v) is 9.85. The first-order valence-corrected chi connectivity index (χ1v) is 11.5. The molecule has 178 valence electrons. The monoisotopic (exact) mass is 459 g/mol. The maximum absolute atomic E-state index is 12.9. The van der Waals surface area contributed by atoms with Crippen LogP contribution in [0.1, 0.15) is 38.5 Å². The number of ether oxygens (including phenoxy) is 1. The Kier molecular flexibility index (Phi) is 6.67. The first-order chi connectivity index (χ1) is 15.7. The number of nitrogens with zero attached hydrogens (tertiary/aromatic N) is 1. The van der Waals surface area contributed by atoms with Crippen LogP contribution in [0.4, 0.5) is 10.1 Å². The van der Waals surface area contributed by atoms with Crippen LogP contribution in [-0.4, -0.2) is 55.3 Å². The van der Waals surface area contributed by atoms with Gasteiger partial charge in [0, 0.05) is 18.2 Å². The van der Waals surface area contributed by atoms with Crippen LogP contribution < -0.4 is 10.6 Å². The summed E-state index contributed by atoms with van der Waals surface area (Å²) in [6.07, 6.45) is 6.40. The number of carbonyl (C=O) groups is 4. The van der Waals surface area contributed by atoms with Crippen LogP contribution >= 0.6 is 0 Å². The van der Waals surface area contributed by atoms with E-state index in [0.29, 0.717) is 23.4 Å². The number of benzene rings is 1. The topological polar surface area (TPSA) is 105 Å². The van der Waals surface area contributed by atoms with E-state index in [0.717, 1.165) is 24.2 Å². The molecule has 0 aromatic heterocycles. The van der Waals surface area contributed by atoms with E-state index in [2.05, 4.69) is 10.6 Å². The molecule has 0 unspecified atom stereocenters. The molecule has 4 aliphatic rings. The summed E-state index contributed by atoms with van der Waals surface area (Å²) >= 11 is 0. The van der Waals surface area contributed by atoms with Crippen molar-refractivity contribution in [1.82, 2.24) is 10.2 Å². The SMILES string of the molecule is CN(CC(=O)Nc1ccc(F)cc1)C(=O)COC(=O)CNC(=O)C12CC3CC(CC(C3)C1)C2. The average molecular weight is 460 g/mol. The van der Waals surface area contributed by atoms with Crippen molar-refractivity contribution in [1.29, 1.82) is 0 Å². The van der Waals surface area contributed by atoms with Gasteiger partial charge in [-0.15, -0.1) is 0 Å². The van der Waals surface area contributed by atoms with E-state index in [4.69, 9.17) is 4.74 Å². The fraction of sp³-hybridized carbons (Fsp3) is 0.583. The van der Waals surface area contributed by atoms with Crippen molar-refractivity contribution >= 4 is 29.4 Å². The maximum atomic E-state index is 12.9. The lowest BCUT2D eigenvalue weighted by Gasteiger charge is -2.55. The number of nitrogens with one attached hydrogen (secondary N) is 2. The number of esters is 1. The third-order valence-electron chi connectivity index (χ3n) is 7.20. The minimum absolute atomic E-state index is 0.0699. The maximum Gasteiger partial charge on any atom is 0.325 e. The third-order valence-corrected chi connectivity index (χ3v) is 7.20. The van der Waals surface area contributed by atoms with Gasteiger partial charge in [0.05, 0.1) is 6.54 Å². The van der Waals surface area contributed by atoms with Crippen molar-refractivity contribution in [3.05, 3.63) is 30.1 Å². The Balaban J connectivity index is 1.16. The van der Waals surface area contributed by atoms with Crippen molar-refractivity contribution in [2.75, 3.05) is 32.1 Å². The zero-order chi connectivity index (χ0) is 23.6. The molecule has 0 radical (unpaired) electrons. The molecule has 1 aromatic carbocycles. The second kappa shape index (κ2) is 9.49. The molecule has 1 aromatic rings. The Bertz CT molecular complexity index is 897. The van der Waals surface area contributed by atoms with E-state index >= 15 is 0 Å². The minimum atomic E-state index is -0.689. The number of hydrogen-bond acceptors (Lipinski definition) is 5. The molecule has 4 saturated carbocycles. The highest BCUT2D eigenvalue weighted by molar-refractivity contribution is 5.95.